The molecule has 1 rings (SSSR count). The van der Waals surface area contributed by atoms with Crippen molar-refractivity contribution in [2.75, 3.05) is 0 Å². The SMILES string of the molecule is CCC(NC(=O)C(C(=O)O)C(C)(C)C)c1nccs1. The van der Waals surface area contributed by atoms with Crippen molar-refractivity contribution in [3.63, 3.8) is 0 Å². The molecule has 2 N–H and O–H groups in total. The van der Waals surface area contributed by atoms with Crippen LogP contribution in [0, 0.1) is 11.3 Å². The summed E-state index contributed by atoms with van der Waals surface area (Å²) in [5.41, 5.74) is -0.628. The Bertz CT molecular complexity index is 437. The van der Waals surface area contributed by atoms with E-state index < -0.39 is 23.2 Å². The second-order valence-corrected chi connectivity index (χ2v) is 6.40. The third-order valence-corrected chi connectivity index (χ3v) is 3.74. The van der Waals surface area contributed by atoms with E-state index in [1.807, 2.05) is 12.3 Å². The van der Waals surface area contributed by atoms with Crippen LogP contribution < -0.4 is 5.32 Å². The number of rotatable bonds is 5. The number of thiazole rings is 1. The van der Waals surface area contributed by atoms with Crippen molar-refractivity contribution >= 4 is 23.2 Å². The quantitative estimate of drug-likeness (QED) is 0.814. The van der Waals surface area contributed by atoms with Gasteiger partial charge in [0.2, 0.25) is 5.91 Å². The first kappa shape index (κ1) is 15.6. The zero-order chi connectivity index (χ0) is 14.6. The van der Waals surface area contributed by atoms with Gasteiger partial charge in [-0.05, 0) is 11.8 Å². The van der Waals surface area contributed by atoms with Crippen molar-refractivity contribution in [1.82, 2.24) is 10.3 Å². The average molecular weight is 284 g/mol. The smallest absolute Gasteiger partial charge is 0.316 e. The summed E-state index contributed by atoms with van der Waals surface area (Å²) in [4.78, 5) is 27.6. The first-order chi connectivity index (χ1) is 8.77. The molecule has 1 aromatic rings. The Morgan fingerprint density at radius 3 is 2.47 bits per heavy atom. The summed E-state index contributed by atoms with van der Waals surface area (Å²) in [5, 5.41) is 14.6. The molecule has 0 radical (unpaired) electrons. The summed E-state index contributed by atoms with van der Waals surface area (Å²) in [7, 11) is 0. The van der Waals surface area contributed by atoms with Crippen LogP contribution in [0.3, 0.4) is 0 Å². The number of carbonyl (C=O) groups excluding carboxylic acids is 1. The van der Waals surface area contributed by atoms with E-state index in [0.29, 0.717) is 6.42 Å². The third kappa shape index (κ3) is 4.02. The highest BCUT2D eigenvalue weighted by atomic mass is 32.1. The topological polar surface area (TPSA) is 79.3 Å². The Morgan fingerprint density at radius 2 is 2.11 bits per heavy atom. The summed E-state index contributed by atoms with van der Waals surface area (Å²) in [6, 6.07) is -0.225. The van der Waals surface area contributed by atoms with Gasteiger partial charge >= 0.3 is 5.97 Å². The Hall–Kier alpha value is -1.43. The van der Waals surface area contributed by atoms with Gasteiger partial charge in [-0.2, -0.15) is 0 Å². The molecule has 0 aliphatic carbocycles. The van der Waals surface area contributed by atoms with Gasteiger partial charge in [-0.1, -0.05) is 27.7 Å². The van der Waals surface area contributed by atoms with Gasteiger partial charge in [-0.3, -0.25) is 9.59 Å². The number of hydrogen-bond acceptors (Lipinski definition) is 4. The highest BCUT2D eigenvalue weighted by Gasteiger charge is 2.38. The van der Waals surface area contributed by atoms with Gasteiger partial charge < -0.3 is 10.4 Å². The predicted molar refractivity (Wildman–Crippen MR) is 73.9 cm³/mol. The van der Waals surface area contributed by atoms with E-state index in [-0.39, 0.29) is 6.04 Å². The van der Waals surface area contributed by atoms with Crippen LogP contribution in [0.15, 0.2) is 11.6 Å². The molecule has 0 fully saturated rings. The molecule has 1 heterocycles. The molecular formula is C13H20N2O3S. The molecule has 0 aliphatic rings. The van der Waals surface area contributed by atoms with Crippen molar-refractivity contribution in [3.05, 3.63) is 16.6 Å². The van der Waals surface area contributed by atoms with Crippen LogP contribution in [0.5, 0.6) is 0 Å². The maximum Gasteiger partial charge on any atom is 0.316 e. The van der Waals surface area contributed by atoms with Gasteiger partial charge in [-0.25, -0.2) is 4.98 Å². The summed E-state index contributed by atoms with van der Waals surface area (Å²) < 4.78 is 0. The monoisotopic (exact) mass is 284 g/mol. The van der Waals surface area contributed by atoms with Gasteiger partial charge in [0.25, 0.3) is 0 Å². The lowest BCUT2D eigenvalue weighted by Gasteiger charge is -2.27. The second kappa shape index (κ2) is 6.14. The number of nitrogens with zero attached hydrogens (tertiary/aromatic N) is 1. The van der Waals surface area contributed by atoms with Crippen molar-refractivity contribution in [3.8, 4) is 0 Å². The molecule has 0 saturated carbocycles. The van der Waals surface area contributed by atoms with Gasteiger partial charge in [0.1, 0.15) is 10.9 Å². The largest absolute Gasteiger partial charge is 0.481 e. The number of hydrogen-bond donors (Lipinski definition) is 2. The van der Waals surface area contributed by atoms with E-state index in [9.17, 15) is 14.7 Å². The molecular weight excluding hydrogens is 264 g/mol. The fraction of sp³-hybridized carbons (Fsp3) is 0.615. The average Bonchev–Trinajstić information content (AvgIpc) is 2.76. The maximum atomic E-state index is 12.2. The fourth-order valence-electron chi connectivity index (χ4n) is 1.88. The Balaban J connectivity index is 2.84. The highest BCUT2D eigenvalue weighted by Crippen LogP contribution is 2.28. The van der Waals surface area contributed by atoms with Crippen LogP contribution in [0.25, 0.3) is 0 Å². The molecule has 1 amide bonds. The van der Waals surface area contributed by atoms with Crippen LogP contribution in [0.4, 0.5) is 0 Å². The molecule has 0 spiro atoms. The highest BCUT2D eigenvalue weighted by molar-refractivity contribution is 7.09. The summed E-state index contributed by atoms with van der Waals surface area (Å²) in [6.07, 6.45) is 2.35. The molecule has 0 bridgehead atoms. The number of aromatic nitrogens is 1. The molecule has 2 atom stereocenters. The van der Waals surface area contributed by atoms with Gasteiger partial charge in [0.15, 0.2) is 0 Å². The number of amides is 1. The Labute approximate surface area is 117 Å². The van der Waals surface area contributed by atoms with E-state index >= 15 is 0 Å². The van der Waals surface area contributed by atoms with Crippen LogP contribution in [-0.4, -0.2) is 22.0 Å². The van der Waals surface area contributed by atoms with Gasteiger partial charge in [-0.15, -0.1) is 11.3 Å². The Kier molecular flexibility index (Phi) is 5.05. The van der Waals surface area contributed by atoms with Crippen molar-refractivity contribution in [2.24, 2.45) is 11.3 Å². The first-order valence-electron chi connectivity index (χ1n) is 6.20. The molecule has 0 aliphatic heterocycles. The van der Waals surface area contributed by atoms with E-state index in [0.717, 1.165) is 5.01 Å². The van der Waals surface area contributed by atoms with Crippen LogP contribution >= 0.6 is 11.3 Å². The summed E-state index contributed by atoms with van der Waals surface area (Å²) in [5.74, 6) is -2.62. The maximum absolute atomic E-state index is 12.2. The van der Waals surface area contributed by atoms with Crippen molar-refractivity contribution in [1.29, 1.82) is 0 Å². The summed E-state index contributed by atoms with van der Waals surface area (Å²) >= 11 is 1.45. The normalized spacial score (nSPS) is 14.7. The molecule has 0 saturated heterocycles. The lowest BCUT2D eigenvalue weighted by atomic mass is 9.80. The van der Waals surface area contributed by atoms with Gasteiger partial charge in [0, 0.05) is 11.6 Å². The third-order valence-electron chi connectivity index (χ3n) is 2.85. The molecule has 19 heavy (non-hydrogen) atoms. The van der Waals surface area contributed by atoms with Crippen LogP contribution in [0.1, 0.15) is 45.2 Å². The zero-order valence-electron chi connectivity index (χ0n) is 11.6. The minimum atomic E-state index is -1.10. The summed E-state index contributed by atoms with van der Waals surface area (Å²) in [6.45, 7) is 7.17. The molecule has 5 nitrogen and oxygen atoms in total. The van der Waals surface area contributed by atoms with E-state index in [4.69, 9.17) is 0 Å². The minimum Gasteiger partial charge on any atom is -0.481 e. The number of carboxylic acids is 1. The number of aliphatic carboxylic acids is 1. The molecule has 0 aromatic carbocycles. The lowest BCUT2D eigenvalue weighted by molar-refractivity contribution is -0.151. The standard InChI is InChI=1S/C13H20N2O3S/c1-5-8(11-14-6-7-19-11)15-10(16)9(12(17)18)13(2,3)4/h6-9H,5H2,1-4H3,(H,15,16)(H,17,18). The van der Waals surface area contributed by atoms with Gasteiger partial charge in [0.05, 0.1) is 6.04 Å². The number of carboxylic acid groups (broad SMARTS) is 1. The Morgan fingerprint density at radius 1 is 1.47 bits per heavy atom. The fourth-order valence-corrected chi connectivity index (χ4v) is 2.65. The zero-order valence-corrected chi connectivity index (χ0v) is 12.5. The van der Waals surface area contributed by atoms with E-state index in [1.165, 1.54) is 11.3 Å². The second-order valence-electron chi connectivity index (χ2n) is 5.48. The van der Waals surface area contributed by atoms with Crippen molar-refractivity contribution in [2.45, 2.75) is 40.2 Å². The minimum absolute atomic E-state index is 0.225. The van der Waals surface area contributed by atoms with Crippen molar-refractivity contribution < 1.29 is 14.7 Å². The van der Waals surface area contributed by atoms with E-state index in [2.05, 4.69) is 10.3 Å². The predicted octanol–water partition coefficient (Wildman–Crippen LogP) is 2.46. The molecule has 2 unspecified atom stereocenters. The number of nitrogens with one attached hydrogen (secondary N) is 1. The lowest BCUT2D eigenvalue weighted by Crippen LogP contribution is -2.43. The molecule has 106 valence electrons. The molecule has 6 heteroatoms. The first-order valence-corrected chi connectivity index (χ1v) is 7.08. The molecule has 1 aromatic heterocycles. The number of carbonyl (C=O) groups is 2. The van der Waals surface area contributed by atoms with Crippen LogP contribution in [0.2, 0.25) is 0 Å². The van der Waals surface area contributed by atoms with Crippen LogP contribution in [-0.2, 0) is 9.59 Å². The van der Waals surface area contributed by atoms with E-state index in [1.54, 1.807) is 27.0 Å².